The van der Waals surface area contributed by atoms with Gasteiger partial charge in [0, 0.05) is 94.0 Å². The molecule has 1 unspecified atom stereocenters. The molecule has 10 heterocycles. The number of nitrogens with zero attached hydrogens (tertiary/aromatic N) is 9. The summed E-state index contributed by atoms with van der Waals surface area (Å²) in [6, 6.07) is 12.5. The van der Waals surface area contributed by atoms with Crippen LogP contribution < -0.4 is 35.6 Å². The van der Waals surface area contributed by atoms with Crippen molar-refractivity contribution < 1.29 is 33.8 Å². The number of nitrogens with one attached hydrogen (secondary N) is 2. The van der Waals surface area contributed by atoms with E-state index in [9.17, 15) is 33.9 Å². The summed E-state index contributed by atoms with van der Waals surface area (Å²) in [6.07, 6.45) is 9.00. The molecule has 1 aromatic carbocycles. The summed E-state index contributed by atoms with van der Waals surface area (Å²) in [4.78, 5) is 98.5. The second-order valence-corrected chi connectivity index (χ2v) is 21.2. The Balaban J connectivity index is 0.694. The van der Waals surface area contributed by atoms with Crippen LogP contribution in [-0.4, -0.2) is 127 Å². The maximum Gasteiger partial charge on any atom is 0.276 e. The highest BCUT2D eigenvalue weighted by molar-refractivity contribution is 6.25. The number of anilines is 5. The van der Waals surface area contributed by atoms with Crippen molar-refractivity contribution in [3.05, 3.63) is 105 Å². The first-order valence-corrected chi connectivity index (χ1v) is 25.0. The van der Waals surface area contributed by atoms with Crippen molar-refractivity contribution in [2.24, 2.45) is 12.5 Å². The highest BCUT2D eigenvalue weighted by atomic mass is 16.5. The lowest BCUT2D eigenvalue weighted by atomic mass is 9.90. The van der Waals surface area contributed by atoms with Gasteiger partial charge in [-0.15, -0.1) is 0 Å². The minimum Gasteiger partial charge on any atom is -0.488 e. The summed E-state index contributed by atoms with van der Waals surface area (Å²) in [5.74, 6) is -1.01. The van der Waals surface area contributed by atoms with Crippen molar-refractivity contribution in [2.75, 3.05) is 59.3 Å². The fourth-order valence-electron chi connectivity index (χ4n) is 12.6. The van der Waals surface area contributed by atoms with Crippen molar-refractivity contribution in [1.82, 2.24) is 34.2 Å². The minimum atomic E-state index is -1.04. The van der Waals surface area contributed by atoms with Crippen LogP contribution >= 0.6 is 0 Å². The van der Waals surface area contributed by atoms with E-state index in [0.29, 0.717) is 71.2 Å². The summed E-state index contributed by atoms with van der Waals surface area (Å²) >= 11 is 0. The summed E-state index contributed by atoms with van der Waals surface area (Å²) in [5.41, 5.74) is 7.36. The number of aromatic nitrogens is 4. The highest BCUT2D eigenvalue weighted by Crippen LogP contribution is 2.46. The SMILES string of the molecule is C[C@H]1CN([C@@H]2CCN3c4ccc5c(c4OC[C@H]3C2)C(=O)N(C2CCC(=O)NC2=O)C5=O)CCN1c1ccc(Nc2cc(-c3ccnc(N4CCn5c(cc6c5CC(C)(C)C6)C4=O)c3CO)cn(C)c2=O)nc1. The first-order valence-electron chi connectivity index (χ1n) is 25.0. The Kier molecular flexibility index (Phi) is 10.9. The molecule has 3 fully saturated rings. The number of aliphatic hydroxyl groups excluding tert-OH is 1. The van der Waals surface area contributed by atoms with Crippen LogP contribution in [0.25, 0.3) is 11.1 Å². The van der Waals surface area contributed by atoms with Crippen LogP contribution in [-0.2, 0) is 42.6 Å². The van der Waals surface area contributed by atoms with Crippen molar-refractivity contribution in [3.8, 4) is 16.9 Å². The van der Waals surface area contributed by atoms with Gasteiger partial charge in [0.05, 0.1) is 41.3 Å². The van der Waals surface area contributed by atoms with Gasteiger partial charge in [0.1, 0.15) is 35.7 Å². The van der Waals surface area contributed by atoms with E-state index in [0.717, 1.165) is 68.1 Å². The third-order valence-electron chi connectivity index (χ3n) is 16.0. The largest absolute Gasteiger partial charge is 0.488 e. The third-order valence-corrected chi connectivity index (χ3v) is 16.0. The molecular formula is C53H57N11O8. The number of rotatable bonds is 8. The Morgan fingerprint density at radius 3 is 2.50 bits per heavy atom. The number of pyridine rings is 3. The second-order valence-electron chi connectivity index (χ2n) is 21.2. The molecule has 5 amide bonds. The average molecular weight is 976 g/mol. The molecule has 372 valence electrons. The Morgan fingerprint density at radius 1 is 0.875 bits per heavy atom. The number of ether oxygens (including phenoxy) is 1. The number of benzene rings is 1. The van der Waals surface area contributed by atoms with E-state index in [-0.39, 0.29) is 59.5 Å². The van der Waals surface area contributed by atoms with Crippen LogP contribution in [0.1, 0.15) is 94.5 Å². The maximum atomic E-state index is 14.0. The fourth-order valence-corrected chi connectivity index (χ4v) is 12.6. The number of piperidine rings is 2. The number of carbonyl (C=O) groups is 5. The van der Waals surface area contributed by atoms with Gasteiger partial charge in [0.15, 0.2) is 5.75 Å². The molecule has 4 aromatic heterocycles. The zero-order valence-corrected chi connectivity index (χ0v) is 40.8. The Hall–Kier alpha value is -7.38. The van der Waals surface area contributed by atoms with Gasteiger partial charge in [0.25, 0.3) is 23.3 Å². The first kappa shape index (κ1) is 45.7. The van der Waals surface area contributed by atoms with Crippen molar-refractivity contribution in [3.63, 3.8) is 0 Å². The number of hydrogen-bond donors (Lipinski definition) is 3. The van der Waals surface area contributed by atoms with Gasteiger partial charge in [0.2, 0.25) is 11.8 Å². The van der Waals surface area contributed by atoms with Gasteiger partial charge in [-0.1, -0.05) is 13.8 Å². The lowest BCUT2D eigenvalue weighted by Gasteiger charge is -2.50. The third kappa shape index (κ3) is 7.45. The molecule has 5 aromatic rings. The molecular weight excluding hydrogens is 919 g/mol. The molecule has 4 atom stereocenters. The summed E-state index contributed by atoms with van der Waals surface area (Å²) < 4.78 is 9.99. The van der Waals surface area contributed by atoms with Gasteiger partial charge in [-0.25, -0.2) is 9.97 Å². The molecule has 0 saturated carbocycles. The van der Waals surface area contributed by atoms with Crippen LogP contribution in [0.2, 0.25) is 0 Å². The number of amides is 5. The molecule has 7 aliphatic rings. The van der Waals surface area contributed by atoms with Crippen LogP contribution in [0.4, 0.5) is 28.7 Å². The predicted molar refractivity (Wildman–Crippen MR) is 267 cm³/mol. The van der Waals surface area contributed by atoms with Crippen LogP contribution in [0.5, 0.6) is 5.75 Å². The monoisotopic (exact) mass is 975 g/mol. The molecule has 12 rings (SSSR count). The number of carbonyl (C=O) groups excluding carboxylic acids is 5. The summed E-state index contributed by atoms with van der Waals surface area (Å²) in [7, 11) is 1.68. The summed E-state index contributed by atoms with van der Waals surface area (Å²) in [5, 5.41) is 16.3. The zero-order valence-electron chi connectivity index (χ0n) is 40.8. The lowest BCUT2D eigenvalue weighted by Crippen LogP contribution is -2.59. The van der Waals surface area contributed by atoms with E-state index in [1.165, 1.54) is 15.8 Å². The topological polar surface area (TPSA) is 208 Å². The molecule has 6 aliphatic heterocycles. The zero-order chi connectivity index (χ0) is 49.9. The Morgan fingerprint density at radius 2 is 1.72 bits per heavy atom. The van der Waals surface area contributed by atoms with Crippen LogP contribution in [0, 0.1) is 5.41 Å². The molecule has 72 heavy (non-hydrogen) atoms. The van der Waals surface area contributed by atoms with Crippen molar-refractivity contribution in [2.45, 2.75) is 96.6 Å². The van der Waals surface area contributed by atoms with Gasteiger partial charge < -0.3 is 34.1 Å². The smallest absolute Gasteiger partial charge is 0.276 e. The number of aryl methyl sites for hydroxylation is 1. The molecule has 19 nitrogen and oxygen atoms in total. The number of piperazine rings is 1. The van der Waals surface area contributed by atoms with Gasteiger partial charge in [-0.05, 0) is 98.0 Å². The van der Waals surface area contributed by atoms with E-state index in [2.05, 4.69) is 55.7 Å². The van der Waals surface area contributed by atoms with Crippen molar-refractivity contribution in [1.29, 1.82) is 0 Å². The second kappa shape index (κ2) is 17.1. The highest BCUT2D eigenvalue weighted by Gasteiger charge is 2.49. The van der Waals surface area contributed by atoms with Crippen molar-refractivity contribution >= 4 is 58.2 Å². The normalized spacial score (nSPS) is 23.6. The summed E-state index contributed by atoms with van der Waals surface area (Å²) in [6.45, 7) is 11.1. The number of hydrogen-bond acceptors (Lipinski definition) is 14. The molecule has 3 N–H and O–H groups in total. The van der Waals surface area contributed by atoms with Gasteiger partial charge >= 0.3 is 0 Å². The van der Waals surface area contributed by atoms with E-state index in [4.69, 9.17) is 9.72 Å². The molecule has 19 heteroatoms. The van der Waals surface area contributed by atoms with E-state index in [1.807, 2.05) is 30.5 Å². The quantitative estimate of drug-likeness (QED) is 0.188. The lowest BCUT2D eigenvalue weighted by molar-refractivity contribution is -0.136. The number of imide groups is 2. The molecule has 1 aliphatic carbocycles. The average Bonchev–Trinajstić information content (AvgIpc) is 3.96. The molecule has 3 saturated heterocycles. The molecule has 0 spiro atoms. The van der Waals surface area contributed by atoms with E-state index in [1.54, 1.807) is 42.5 Å². The van der Waals surface area contributed by atoms with Gasteiger partial charge in [-0.3, -0.25) is 48.8 Å². The Labute approximate surface area is 415 Å². The molecule has 0 bridgehead atoms. The van der Waals surface area contributed by atoms with E-state index < -0.39 is 29.7 Å². The predicted octanol–water partition coefficient (Wildman–Crippen LogP) is 4.01. The van der Waals surface area contributed by atoms with E-state index >= 15 is 0 Å². The van der Waals surface area contributed by atoms with Crippen LogP contribution in [0.3, 0.4) is 0 Å². The fraction of sp³-hybridized carbons (Fsp3) is 0.434. The van der Waals surface area contributed by atoms with Crippen LogP contribution in [0.15, 0.2) is 65.8 Å². The minimum absolute atomic E-state index is 0.0554. The number of fused-ring (bicyclic) bond motifs is 8. The Bertz CT molecular complexity index is 3200. The maximum absolute atomic E-state index is 14.0. The van der Waals surface area contributed by atoms with Gasteiger partial charge in [-0.2, -0.15) is 0 Å². The molecule has 0 radical (unpaired) electrons. The number of aliphatic hydroxyl groups is 1. The first-order chi connectivity index (χ1) is 34.7. The standard InChI is InChI=1S/C53H57N11O8/c1-29-25-59(32-12-14-61-34(21-32)28-72-46-39(61)7-6-36-45(46)52(71)64(49(36)68)40-8-10-44(66)57-48(40)67)15-16-60(29)33-5-9-43(55-24-33)56-38-19-31(26-58(4)50(38)69)35-11-13-54-47(37(35)27-65)63-18-17-62-41(51(63)70)20-30-22-53(2,3)23-42(30)62/h5-7,9,11,13,19-20,24,26,29,32,34,40,65H,8,10,12,14-18,21-23,25,27-28H2,1-4H3,(H,55,56)(H,57,66,67)/t29-,32+,34+,40?/m0/s1.